The van der Waals surface area contributed by atoms with E-state index < -0.39 is 18.1 Å². The van der Waals surface area contributed by atoms with Crippen LogP contribution in [0.15, 0.2) is 66.7 Å². The van der Waals surface area contributed by atoms with Crippen LogP contribution in [0.1, 0.15) is 49.6 Å². The molecule has 0 saturated carbocycles. The minimum absolute atomic E-state index is 0.0971. The number of fused-ring (bicyclic) bond motifs is 5. The summed E-state index contributed by atoms with van der Waals surface area (Å²) < 4.78 is 17.0. The van der Waals surface area contributed by atoms with Crippen LogP contribution in [0, 0.1) is 0 Å². The lowest BCUT2D eigenvalue weighted by molar-refractivity contribution is -0.00797. The molecule has 5 rings (SSSR count). The molecule has 0 bridgehead atoms. The minimum atomic E-state index is -0.651. The molecule has 3 aromatic carbocycles. The molecule has 0 aliphatic carbocycles. The minimum Gasteiger partial charge on any atom is -0.493 e. The fraction of sp³-hybridized carbons (Fsp3) is 0.231. The van der Waals surface area contributed by atoms with Gasteiger partial charge in [-0.15, -0.1) is 0 Å². The van der Waals surface area contributed by atoms with Gasteiger partial charge in [0, 0.05) is 17.7 Å². The number of carbonyl (C=O) groups is 2. The van der Waals surface area contributed by atoms with Gasteiger partial charge in [-0.1, -0.05) is 36.4 Å². The summed E-state index contributed by atoms with van der Waals surface area (Å²) in [4.78, 5) is 28.4. The summed E-state index contributed by atoms with van der Waals surface area (Å²) in [5, 5.41) is 0. The molecule has 0 spiro atoms. The van der Waals surface area contributed by atoms with Crippen molar-refractivity contribution in [1.82, 2.24) is 4.90 Å². The van der Waals surface area contributed by atoms with Gasteiger partial charge in [-0.25, -0.2) is 4.79 Å². The van der Waals surface area contributed by atoms with Crippen molar-refractivity contribution in [1.29, 1.82) is 0 Å². The quantitative estimate of drug-likeness (QED) is 0.579. The number of hydrogen-bond donors (Lipinski definition) is 0. The molecule has 0 radical (unpaired) electrons. The Morgan fingerprint density at radius 3 is 2.38 bits per heavy atom. The van der Waals surface area contributed by atoms with Gasteiger partial charge in [0.15, 0.2) is 17.6 Å². The van der Waals surface area contributed by atoms with Crippen LogP contribution in [0.25, 0.3) is 0 Å². The fourth-order valence-electron chi connectivity index (χ4n) is 4.68. The predicted octanol–water partition coefficient (Wildman–Crippen LogP) is 4.36. The highest BCUT2D eigenvalue weighted by Gasteiger charge is 2.44. The molecular formula is C26H23NO5. The first-order valence-corrected chi connectivity index (χ1v) is 10.5. The molecule has 2 aliphatic rings. The zero-order chi connectivity index (χ0) is 22.2. The molecule has 0 N–H and O–H groups in total. The van der Waals surface area contributed by atoms with E-state index >= 15 is 0 Å². The third-order valence-electron chi connectivity index (χ3n) is 6.21. The van der Waals surface area contributed by atoms with Crippen molar-refractivity contribution in [3.8, 4) is 11.5 Å². The Hall–Kier alpha value is -3.80. The molecule has 0 saturated heterocycles. The largest absolute Gasteiger partial charge is 0.493 e. The number of methoxy groups -OCH3 is 2. The Morgan fingerprint density at radius 1 is 0.938 bits per heavy atom. The average Bonchev–Trinajstić information content (AvgIpc) is 3.00. The van der Waals surface area contributed by atoms with E-state index in [1.807, 2.05) is 65.6 Å². The summed E-state index contributed by atoms with van der Waals surface area (Å²) in [6, 6.07) is 19.9. The van der Waals surface area contributed by atoms with E-state index in [0.29, 0.717) is 35.6 Å². The van der Waals surface area contributed by atoms with E-state index in [-0.39, 0.29) is 5.91 Å². The highest BCUT2D eigenvalue weighted by atomic mass is 16.5. The van der Waals surface area contributed by atoms with Gasteiger partial charge in [0.1, 0.15) is 0 Å². The second-order valence-corrected chi connectivity index (χ2v) is 7.88. The molecule has 2 heterocycles. The number of amides is 1. The van der Waals surface area contributed by atoms with Crippen LogP contribution in [0.4, 0.5) is 0 Å². The average molecular weight is 429 g/mol. The third kappa shape index (κ3) is 3.19. The Bertz CT molecular complexity index is 1190. The molecule has 3 aromatic rings. The Morgan fingerprint density at radius 2 is 1.62 bits per heavy atom. The molecule has 0 unspecified atom stereocenters. The number of benzene rings is 3. The predicted molar refractivity (Wildman–Crippen MR) is 118 cm³/mol. The lowest BCUT2D eigenvalue weighted by atomic mass is 9.87. The van der Waals surface area contributed by atoms with Crippen LogP contribution in [0.2, 0.25) is 0 Å². The second-order valence-electron chi connectivity index (χ2n) is 7.88. The van der Waals surface area contributed by atoms with Crippen molar-refractivity contribution >= 4 is 11.9 Å². The van der Waals surface area contributed by atoms with Gasteiger partial charge in [-0.2, -0.15) is 0 Å². The van der Waals surface area contributed by atoms with Gasteiger partial charge in [0.2, 0.25) is 0 Å². The maximum absolute atomic E-state index is 13.6. The monoisotopic (exact) mass is 429 g/mol. The molecule has 162 valence electrons. The number of rotatable bonds is 3. The van der Waals surface area contributed by atoms with Gasteiger partial charge < -0.3 is 19.1 Å². The van der Waals surface area contributed by atoms with Crippen molar-refractivity contribution in [2.75, 3.05) is 20.8 Å². The second kappa shape index (κ2) is 8.04. The van der Waals surface area contributed by atoms with Gasteiger partial charge in [0.25, 0.3) is 5.91 Å². The van der Waals surface area contributed by atoms with Crippen LogP contribution in [0.5, 0.6) is 11.5 Å². The number of hydrogen-bond acceptors (Lipinski definition) is 5. The summed E-state index contributed by atoms with van der Waals surface area (Å²) in [6.45, 7) is 0.475. The maximum atomic E-state index is 13.6. The topological polar surface area (TPSA) is 65.1 Å². The van der Waals surface area contributed by atoms with Crippen molar-refractivity contribution in [3.63, 3.8) is 0 Å². The highest BCUT2D eigenvalue weighted by molar-refractivity contribution is 5.96. The van der Waals surface area contributed by atoms with Crippen molar-refractivity contribution in [3.05, 3.63) is 94.5 Å². The number of carbonyl (C=O) groups excluding carboxylic acids is 2. The van der Waals surface area contributed by atoms with E-state index in [0.717, 1.165) is 16.7 Å². The van der Waals surface area contributed by atoms with Gasteiger partial charge in [-0.05, 0) is 47.9 Å². The van der Waals surface area contributed by atoms with Gasteiger partial charge in [0.05, 0.1) is 25.8 Å². The lowest BCUT2D eigenvalue weighted by Crippen LogP contribution is -2.41. The first-order valence-electron chi connectivity index (χ1n) is 10.5. The normalized spacial score (nSPS) is 19.1. The maximum Gasteiger partial charge on any atom is 0.339 e. The Labute approximate surface area is 186 Å². The Kier molecular flexibility index (Phi) is 5.05. The summed E-state index contributed by atoms with van der Waals surface area (Å²) in [5.41, 5.74) is 3.68. The lowest BCUT2D eigenvalue weighted by Gasteiger charge is -2.39. The summed E-state index contributed by atoms with van der Waals surface area (Å²) in [5.74, 6) is 0.674. The molecule has 2 atom stereocenters. The zero-order valence-electron chi connectivity index (χ0n) is 17.9. The molecule has 32 heavy (non-hydrogen) atoms. The summed E-state index contributed by atoms with van der Waals surface area (Å²) in [6.07, 6.45) is -0.0524. The fourth-order valence-corrected chi connectivity index (χ4v) is 4.68. The third-order valence-corrected chi connectivity index (χ3v) is 6.21. The van der Waals surface area contributed by atoms with Crippen molar-refractivity contribution < 1.29 is 23.8 Å². The van der Waals surface area contributed by atoms with Crippen LogP contribution < -0.4 is 9.47 Å². The van der Waals surface area contributed by atoms with E-state index in [9.17, 15) is 9.59 Å². The number of esters is 1. The molecule has 2 aliphatic heterocycles. The molecule has 1 amide bonds. The summed E-state index contributed by atoms with van der Waals surface area (Å²) >= 11 is 0. The van der Waals surface area contributed by atoms with Crippen molar-refractivity contribution in [2.45, 2.75) is 18.6 Å². The van der Waals surface area contributed by atoms with Crippen LogP contribution in [-0.2, 0) is 11.2 Å². The zero-order valence-corrected chi connectivity index (χ0v) is 17.9. The number of ether oxygens (including phenoxy) is 3. The van der Waals surface area contributed by atoms with E-state index in [1.165, 1.54) is 0 Å². The van der Waals surface area contributed by atoms with Crippen LogP contribution >= 0.6 is 0 Å². The standard InChI is InChI=1S/C26H23NO5/c1-30-21-14-17-12-13-27(25(28)16-8-4-3-5-9-16)23-18-10-6-7-11-19(18)26(29)32-24(23)20(17)15-22(21)31-2/h3-11,14-15,23-24H,12-13H2,1-2H3/t23-,24+/m1/s1. The highest BCUT2D eigenvalue weighted by Crippen LogP contribution is 2.48. The first kappa shape index (κ1) is 20.1. The van der Waals surface area contributed by atoms with Crippen LogP contribution in [0.3, 0.4) is 0 Å². The molecular weight excluding hydrogens is 406 g/mol. The molecule has 6 heteroatoms. The van der Waals surface area contributed by atoms with Crippen LogP contribution in [-0.4, -0.2) is 37.5 Å². The first-order chi connectivity index (χ1) is 15.6. The van der Waals surface area contributed by atoms with Gasteiger partial charge >= 0.3 is 5.97 Å². The van der Waals surface area contributed by atoms with E-state index in [4.69, 9.17) is 14.2 Å². The Balaban J connectivity index is 1.70. The SMILES string of the molecule is COc1cc2c(cc1OC)[C@@H]1OC(=O)c3ccccc3[C@H]1N(C(=O)c1ccccc1)CC2. The molecule has 0 fully saturated rings. The summed E-state index contributed by atoms with van der Waals surface area (Å²) in [7, 11) is 3.16. The molecule has 6 nitrogen and oxygen atoms in total. The molecule has 0 aromatic heterocycles. The number of nitrogens with zero attached hydrogens (tertiary/aromatic N) is 1. The smallest absolute Gasteiger partial charge is 0.339 e. The van der Waals surface area contributed by atoms with E-state index in [1.54, 1.807) is 20.3 Å². The van der Waals surface area contributed by atoms with E-state index in [2.05, 4.69) is 0 Å². The van der Waals surface area contributed by atoms with Gasteiger partial charge in [-0.3, -0.25) is 4.79 Å². The van der Waals surface area contributed by atoms with Crippen molar-refractivity contribution in [2.24, 2.45) is 0 Å².